The van der Waals surface area contributed by atoms with Crippen LogP contribution in [0.5, 0.6) is 0 Å². The van der Waals surface area contributed by atoms with E-state index in [4.69, 9.17) is 4.42 Å². The van der Waals surface area contributed by atoms with Gasteiger partial charge in [-0.25, -0.2) is 0 Å². The molecule has 0 fully saturated rings. The van der Waals surface area contributed by atoms with Crippen LogP contribution in [0.25, 0.3) is 0 Å². The Hall–Kier alpha value is -3.04. The van der Waals surface area contributed by atoms with Gasteiger partial charge in [0, 0.05) is 18.7 Å². The SMILES string of the molecule is Cc1cc(C)n(CCc2nnc(Cn3cc([N+](=O)[O-])cn3)o2)n1. The molecule has 0 aliphatic carbocycles. The van der Waals surface area contributed by atoms with Gasteiger partial charge >= 0.3 is 5.69 Å². The summed E-state index contributed by atoms with van der Waals surface area (Å²) >= 11 is 0. The Kier molecular flexibility index (Phi) is 3.87. The normalized spacial score (nSPS) is 11.0. The highest BCUT2D eigenvalue weighted by atomic mass is 16.6. The lowest BCUT2D eigenvalue weighted by Crippen LogP contribution is -2.05. The van der Waals surface area contributed by atoms with E-state index < -0.39 is 4.92 Å². The van der Waals surface area contributed by atoms with Gasteiger partial charge in [-0.3, -0.25) is 19.5 Å². The molecule has 0 aromatic carbocycles. The van der Waals surface area contributed by atoms with Crippen LogP contribution in [0.15, 0.2) is 22.9 Å². The third-order valence-electron chi connectivity index (χ3n) is 3.28. The largest absolute Gasteiger partial charge is 0.423 e. The van der Waals surface area contributed by atoms with Crippen LogP contribution in [0, 0.1) is 24.0 Å². The molecule has 0 radical (unpaired) electrons. The predicted octanol–water partition coefficient (Wildman–Crippen LogP) is 1.28. The van der Waals surface area contributed by atoms with Crippen molar-refractivity contribution in [2.24, 2.45) is 0 Å². The first-order chi connectivity index (χ1) is 11.0. The number of hydrogen-bond donors (Lipinski definition) is 0. The number of aromatic nitrogens is 6. The molecular formula is C13H15N7O3. The van der Waals surface area contributed by atoms with Gasteiger partial charge in [0.25, 0.3) is 0 Å². The number of aryl methyl sites for hydroxylation is 4. The molecule has 0 unspecified atom stereocenters. The molecule has 3 rings (SSSR count). The Balaban J connectivity index is 1.61. The summed E-state index contributed by atoms with van der Waals surface area (Å²) in [5.41, 5.74) is 1.97. The van der Waals surface area contributed by atoms with E-state index in [-0.39, 0.29) is 12.2 Å². The van der Waals surface area contributed by atoms with E-state index >= 15 is 0 Å². The molecule has 0 aliphatic heterocycles. The molecule has 0 N–H and O–H groups in total. The smallest absolute Gasteiger partial charge is 0.307 e. The standard InChI is InChI=1S/C13H15N7O3/c1-9-5-10(2)19(17-9)4-3-12-15-16-13(23-12)8-18-7-11(6-14-18)20(21)22/h5-7H,3-4,8H2,1-2H3. The lowest BCUT2D eigenvalue weighted by atomic mass is 10.4. The summed E-state index contributed by atoms with van der Waals surface area (Å²) in [6, 6.07) is 2.00. The predicted molar refractivity (Wildman–Crippen MR) is 77.7 cm³/mol. The van der Waals surface area contributed by atoms with E-state index in [1.165, 1.54) is 17.1 Å². The van der Waals surface area contributed by atoms with Crippen molar-refractivity contribution in [1.82, 2.24) is 29.8 Å². The monoisotopic (exact) mass is 317 g/mol. The van der Waals surface area contributed by atoms with Crippen molar-refractivity contribution in [1.29, 1.82) is 0 Å². The Morgan fingerprint density at radius 2 is 2.09 bits per heavy atom. The maximum Gasteiger partial charge on any atom is 0.307 e. The number of rotatable bonds is 6. The van der Waals surface area contributed by atoms with E-state index in [1.807, 2.05) is 24.6 Å². The average Bonchev–Trinajstić information content (AvgIpc) is 3.18. The van der Waals surface area contributed by atoms with Crippen molar-refractivity contribution in [3.63, 3.8) is 0 Å². The zero-order valence-corrected chi connectivity index (χ0v) is 12.7. The first-order valence-electron chi connectivity index (χ1n) is 7.00. The molecule has 0 atom stereocenters. The Labute approximate surface area is 130 Å². The van der Waals surface area contributed by atoms with Gasteiger partial charge in [0.1, 0.15) is 18.9 Å². The lowest BCUT2D eigenvalue weighted by Gasteiger charge is -2.01. The van der Waals surface area contributed by atoms with Crippen LogP contribution >= 0.6 is 0 Å². The molecule has 10 heteroatoms. The van der Waals surface area contributed by atoms with Crippen molar-refractivity contribution >= 4 is 5.69 Å². The second-order valence-electron chi connectivity index (χ2n) is 5.14. The minimum atomic E-state index is -0.503. The molecule has 0 spiro atoms. The van der Waals surface area contributed by atoms with Gasteiger partial charge in [-0.05, 0) is 19.9 Å². The fourth-order valence-electron chi connectivity index (χ4n) is 2.23. The first-order valence-corrected chi connectivity index (χ1v) is 7.00. The third kappa shape index (κ3) is 3.42. The van der Waals surface area contributed by atoms with E-state index in [1.54, 1.807) is 0 Å². The fourth-order valence-corrected chi connectivity index (χ4v) is 2.23. The van der Waals surface area contributed by atoms with E-state index in [9.17, 15) is 10.1 Å². The summed E-state index contributed by atoms with van der Waals surface area (Å²) in [6.07, 6.45) is 3.06. The summed E-state index contributed by atoms with van der Waals surface area (Å²) in [4.78, 5) is 10.1. The zero-order valence-electron chi connectivity index (χ0n) is 12.7. The lowest BCUT2D eigenvalue weighted by molar-refractivity contribution is -0.385. The van der Waals surface area contributed by atoms with Crippen LogP contribution in [0.4, 0.5) is 5.69 Å². The van der Waals surface area contributed by atoms with Crippen molar-refractivity contribution in [3.8, 4) is 0 Å². The molecule has 0 aliphatic rings. The van der Waals surface area contributed by atoms with Crippen molar-refractivity contribution in [2.75, 3.05) is 0 Å². The van der Waals surface area contributed by atoms with E-state index in [0.717, 1.165) is 11.4 Å². The van der Waals surface area contributed by atoms with Gasteiger partial charge in [0.2, 0.25) is 11.8 Å². The average molecular weight is 317 g/mol. The van der Waals surface area contributed by atoms with Crippen LogP contribution < -0.4 is 0 Å². The van der Waals surface area contributed by atoms with Gasteiger partial charge in [0.05, 0.1) is 10.6 Å². The summed E-state index contributed by atoms with van der Waals surface area (Å²) in [6.45, 7) is 4.77. The Bertz CT molecular complexity index is 832. The molecule has 10 nitrogen and oxygen atoms in total. The topological polar surface area (TPSA) is 118 Å². The van der Waals surface area contributed by atoms with Crippen LogP contribution in [0.1, 0.15) is 23.2 Å². The Morgan fingerprint density at radius 3 is 2.74 bits per heavy atom. The first kappa shape index (κ1) is 14.9. The third-order valence-corrected chi connectivity index (χ3v) is 3.28. The molecule has 3 heterocycles. The summed E-state index contributed by atoms with van der Waals surface area (Å²) in [7, 11) is 0. The maximum atomic E-state index is 10.6. The van der Waals surface area contributed by atoms with Crippen LogP contribution in [0.2, 0.25) is 0 Å². The Morgan fingerprint density at radius 1 is 1.30 bits per heavy atom. The molecule has 0 amide bonds. The van der Waals surface area contributed by atoms with E-state index in [2.05, 4.69) is 20.4 Å². The molecule has 120 valence electrons. The molecule has 0 saturated heterocycles. The molecule has 0 bridgehead atoms. The van der Waals surface area contributed by atoms with Gasteiger partial charge in [-0.15, -0.1) is 10.2 Å². The number of nitro groups is 1. The van der Waals surface area contributed by atoms with Crippen molar-refractivity contribution in [3.05, 3.63) is 51.7 Å². The summed E-state index contributed by atoms with van der Waals surface area (Å²) in [5, 5.41) is 26.8. The van der Waals surface area contributed by atoms with Gasteiger partial charge in [0.15, 0.2) is 0 Å². The van der Waals surface area contributed by atoms with E-state index in [0.29, 0.717) is 24.7 Å². The number of nitrogens with zero attached hydrogens (tertiary/aromatic N) is 7. The maximum absolute atomic E-state index is 10.6. The van der Waals surface area contributed by atoms with Crippen molar-refractivity contribution < 1.29 is 9.34 Å². The minimum Gasteiger partial charge on any atom is -0.423 e. The van der Waals surface area contributed by atoms with Crippen LogP contribution in [0.3, 0.4) is 0 Å². The van der Waals surface area contributed by atoms with Gasteiger partial charge in [-0.2, -0.15) is 10.2 Å². The van der Waals surface area contributed by atoms with Crippen LogP contribution in [-0.4, -0.2) is 34.7 Å². The fraction of sp³-hybridized carbons (Fsp3) is 0.385. The molecule has 0 saturated carbocycles. The van der Waals surface area contributed by atoms with Crippen molar-refractivity contribution in [2.45, 2.75) is 33.4 Å². The second-order valence-corrected chi connectivity index (χ2v) is 5.14. The minimum absolute atomic E-state index is 0.0748. The second kappa shape index (κ2) is 5.99. The molecule has 23 heavy (non-hydrogen) atoms. The molecule has 3 aromatic rings. The number of hydrogen-bond acceptors (Lipinski definition) is 7. The van der Waals surface area contributed by atoms with Crippen LogP contribution in [-0.2, 0) is 19.5 Å². The summed E-state index contributed by atoms with van der Waals surface area (Å²) in [5.74, 6) is 0.848. The highest BCUT2D eigenvalue weighted by Crippen LogP contribution is 2.10. The molecular weight excluding hydrogens is 302 g/mol. The summed E-state index contributed by atoms with van der Waals surface area (Å²) < 4.78 is 8.80. The highest BCUT2D eigenvalue weighted by molar-refractivity contribution is 5.20. The zero-order chi connectivity index (χ0) is 16.4. The molecule has 3 aromatic heterocycles. The highest BCUT2D eigenvalue weighted by Gasteiger charge is 2.12. The quantitative estimate of drug-likeness (QED) is 0.496. The van der Waals surface area contributed by atoms with Gasteiger partial charge < -0.3 is 4.42 Å². The van der Waals surface area contributed by atoms with Gasteiger partial charge in [-0.1, -0.05) is 0 Å².